The topological polar surface area (TPSA) is 67.2 Å². The molecule has 27 heavy (non-hydrogen) atoms. The number of rotatable bonds is 3. The number of aromatic nitrogens is 2. The van der Waals surface area contributed by atoms with E-state index in [2.05, 4.69) is 5.10 Å². The van der Waals surface area contributed by atoms with Gasteiger partial charge in [-0.1, -0.05) is 23.7 Å². The summed E-state index contributed by atoms with van der Waals surface area (Å²) in [7, 11) is 0. The molecule has 5 nitrogen and oxygen atoms in total. The molecule has 1 aliphatic rings. The second-order valence-electron chi connectivity index (χ2n) is 6.79. The molecule has 4 rings (SSSR count). The van der Waals surface area contributed by atoms with Gasteiger partial charge in [-0.25, -0.2) is 14.6 Å². The van der Waals surface area contributed by atoms with E-state index in [0.29, 0.717) is 29.0 Å². The number of amides is 1. The maximum Gasteiger partial charge on any atom is 0.254 e. The molecule has 1 aliphatic carbocycles. The van der Waals surface area contributed by atoms with Gasteiger partial charge in [0.05, 0.1) is 17.3 Å². The average Bonchev–Trinajstić information content (AvgIpc) is 3.22. The van der Waals surface area contributed by atoms with Crippen molar-refractivity contribution in [2.45, 2.75) is 25.2 Å². The van der Waals surface area contributed by atoms with Crippen molar-refractivity contribution >= 4 is 17.5 Å². The molecule has 0 bridgehead atoms. The zero-order valence-corrected chi connectivity index (χ0v) is 15.3. The summed E-state index contributed by atoms with van der Waals surface area (Å²) < 4.78 is 15.9. The Morgan fingerprint density at radius 2 is 2.00 bits per heavy atom. The third-order valence-corrected chi connectivity index (χ3v) is 5.56. The molecule has 3 aromatic rings. The number of hydrogen-bond donors (Lipinski definition) is 2. The maximum atomic E-state index is 14.2. The van der Waals surface area contributed by atoms with E-state index in [0.717, 1.165) is 16.9 Å². The van der Waals surface area contributed by atoms with Gasteiger partial charge < -0.3 is 0 Å². The Morgan fingerprint density at radius 3 is 2.70 bits per heavy atom. The molecule has 0 radical (unpaired) electrons. The number of nitrogens with zero attached hydrogens (tertiary/aromatic N) is 2. The second kappa shape index (κ2) is 6.48. The minimum absolute atomic E-state index is 0.293. The average molecular weight is 386 g/mol. The van der Waals surface area contributed by atoms with Crippen molar-refractivity contribution in [3.63, 3.8) is 0 Å². The second-order valence-corrected chi connectivity index (χ2v) is 7.23. The van der Waals surface area contributed by atoms with Crippen molar-refractivity contribution in [3.8, 4) is 5.69 Å². The van der Waals surface area contributed by atoms with Gasteiger partial charge in [0.2, 0.25) is 0 Å². The summed E-state index contributed by atoms with van der Waals surface area (Å²) in [6.45, 7) is 1.64. The monoisotopic (exact) mass is 385 g/mol. The first-order valence-corrected chi connectivity index (χ1v) is 8.86. The van der Waals surface area contributed by atoms with Crippen molar-refractivity contribution in [2.75, 3.05) is 0 Å². The first-order chi connectivity index (χ1) is 13.0. The fourth-order valence-electron chi connectivity index (χ4n) is 3.93. The minimum Gasteiger partial charge on any atom is -0.289 e. The van der Waals surface area contributed by atoms with Crippen LogP contribution < -0.4 is 5.48 Å². The highest BCUT2D eigenvalue weighted by molar-refractivity contribution is 6.30. The van der Waals surface area contributed by atoms with Crippen LogP contribution in [0.1, 0.15) is 22.4 Å². The predicted molar refractivity (Wildman–Crippen MR) is 98.7 cm³/mol. The lowest BCUT2D eigenvalue weighted by molar-refractivity contribution is -0.135. The van der Waals surface area contributed by atoms with Gasteiger partial charge in [0.1, 0.15) is 5.82 Å². The largest absolute Gasteiger partial charge is 0.289 e. The van der Waals surface area contributed by atoms with Crippen LogP contribution in [0.2, 0.25) is 5.02 Å². The standard InChI is InChI=1S/C20H17ClFN3O2/c1-12-16(3-2-4-17(12)22)20(19(26)24-27)9-13-11-23-25(18(13)10-20)15-7-5-14(21)6-8-15/h2-8,11,27H,9-10H2,1H3,(H,24,26). The van der Waals surface area contributed by atoms with Gasteiger partial charge in [0.25, 0.3) is 5.91 Å². The van der Waals surface area contributed by atoms with Crippen LogP contribution >= 0.6 is 11.6 Å². The number of hydroxylamine groups is 1. The van der Waals surface area contributed by atoms with Crippen LogP contribution in [0.15, 0.2) is 48.7 Å². The number of carbonyl (C=O) groups excluding carboxylic acids is 1. The molecule has 7 heteroatoms. The number of nitrogens with one attached hydrogen (secondary N) is 1. The van der Waals surface area contributed by atoms with Crippen LogP contribution in [-0.2, 0) is 23.1 Å². The molecule has 1 unspecified atom stereocenters. The first-order valence-electron chi connectivity index (χ1n) is 8.48. The van der Waals surface area contributed by atoms with Gasteiger partial charge in [-0.2, -0.15) is 5.10 Å². The van der Waals surface area contributed by atoms with Crippen LogP contribution in [0, 0.1) is 12.7 Å². The van der Waals surface area contributed by atoms with Gasteiger partial charge in [-0.05, 0) is 60.4 Å². The van der Waals surface area contributed by atoms with Gasteiger partial charge in [0.15, 0.2) is 0 Å². The van der Waals surface area contributed by atoms with E-state index in [9.17, 15) is 14.4 Å². The Bertz CT molecular complexity index is 1030. The molecular formula is C20H17ClFN3O2. The predicted octanol–water partition coefficient (Wildman–Crippen LogP) is 3.52. The molecule has 1 aromatic heterocycles. The number of hydrogen-bond acceptors (Lipinski definition) is 3. The summed E-state index contributed by atoms with van der Waals surface area (Å²) in [6, 6.07) is 11.9. The highest BCUT2D eigenvalue weighted by Crippen LogP contribution is 2.42. The third kappa shape index (κ3) is 2.72. The van der Waals surface area contributed by atoms with Gasteiger partial charge in [0, 0.05) is 17.1 Å². The summed E-state index contributed by atoms with van der Waals surface area (Å²) >= 11 is 5.96. The molecule has 0 spiro atoms. The molecule has 138 valence electrons. The zero-order chi connectivity index (χ0) is 19.2. The molecule has 1 amide bonds. The van der Waals surface area contributed by atoms with E-state index in [1.54, 1.807) is 47.5 Å². The van der Waals surface area contributed by atoms with Gasteiger partial charge in [-0.15, -0.1) is 0 Å². The Labute approximate surface area is 160 Å². The molecule has 2 N–H and O–H groups in total. The van der Waals surface area contributed by atoms with Gasteiger partial charge in [-0.3, -0.25) is 10.0 Å². The molecule has 0 saturated carbocycles. The zero-order valence-electron chi connectivity index (χ0n) is 14.5. The maximum absolute atomic E-state index is 14.2. The lowest BCUT2D eigenvalue weighted by Gasteiger charge is -2.29. The van der Waals surface area contributed by atoms with E-state index in [-0.39, 0.29) is 5.82 Å². The summed E-state index contributed by atoms with van der Waals surface area (Å²) in [5.41, 5.74) is 4.20. The number of carbonyl (C=O) groups is 1. The fourth-order valence-corrected chi connectivity index (χ4v) is 4.05. The molecule has 0 fully saturated rings. The van der Waals surface area contributed by atoms with E-state index < -0.39 is 11.3 Å². The fraction of sp³-hybridized carbons (Fsp3) is 0.200. The van der Waals surface area contributed by atoms with E-state index >= 15 is 0 Å². The van der Waals surface area contributed by atoms with Crippen LogP contribution in [0.5, 0.6) is 0 Å². The lowest BCUT2D eigenvalue weighted by atomic mass is 9.75. The normalized spacial score (nSPS) is 18.4. The molecular weight excluding hydrogens is 369 g/mol. The van der Waals surface area contributed by atoms with Crippen molar-refractivity contribution in [1.29, 1.82) is 0 Å². The van der Waals surface area contributed by atoms with Crippen LogP contribution in [-0.4, -0.2) is 20.9 Å². The van der Waals surface area contributed by atoms with Crippen LogP contribution in [0.25, 0.3) is 5.69 Å². The third-order valence-electron chi connectivity index (χ3n) is 5.31. The molecule has 1 atom stereocenters. The van der Waals surface area contributed by atoms with E-state index in [1.165, 1.54) is 6.07 Å². The number of halogens is 2. The SMILES string of the molecule is Cc1c(F)cccc1C1(C(=O)NO)Cc2cnn(-c3ccc(Cl)cc3)c2C1. The smallest absolute Gasteiger partial charge is 0.254 e. The lowest BCUT2D eigenvalue weighted by Crippen LogP contribution is -2.45. The summed E-state index contributed by atoms with van der Waals surface area (Å²) in [5.74, 6) is -0.942. The summed E-state index contributed by atoms with van der Waals surface area (Å²) in [6.07, 6.45) is 2.33. The number of benzene rings is 2. The minimum atomic E-state index is -1.09. The Kier molecular flexibility index (Phi) is 4.25. The van der Waals surface area contributed by atoms with Crippen molar-refractivity contribution in [1.82, 2.24) is 15.3 Å². The van der Waals surface area contributed by atoms with E-state index in [4.69, 9.17) is 11.6 Å². The number of fused-ring (bicyclic) bond motifs is 1. The summed E-state index contributed by atoms with van der Waals surface area (Å²) in [5, 5.41) is 14.4. The Balaban J connectivity index is 1.83. The quantitative estimate of drug-likeness (QED) is 0.535. The highest BCUT2D eigenvalue weighted by atomic mass is 35.5. The van der Waals surface area contributed by atoms with Crippen LogP contribution in [0.4, 0.5) is 4.39 Å². The van der Waals surface area contributed by atoms with Crippen molar-refractivity contribution < 1.29 is 14.4 Å². The highest BCUT2D eigenvalue weighted by Gasteiger charge is 2.48. The summed E-state index contributed by atoms with van der Waals surface area (Å²) in [4.78, 5) is 12.7. The molecule has 0 aliphatic heterocycles. The van der Waals surface area contributed by atoms with Gasteiger partial charge >= 0.3 is 0 Å². The molecule has 0 saturated heterocycles. The van der Waals surface area contributed by atoms with Crippen molar-refractivity contribution in [3.05, 3.63) is 81.9 Å². The van der Waals surface area contributed by atoms with E-state index in [1.807, 2.05) is 12.1 Å². The Hall–Kier alpha value is -2.70. The molecule has 1 heterocycles. The Morgan fingerprint density at radius 1 is 1.26 bits per heavy atom. The van der Waals surface area contributed by atoms with Crippen molar-refractivity contribution in [2.24, 2.45) is 0 Å². The molecule has 2 aromatic carbocycles. The first kappa shape index (κ1) is 17.7. The van der Waals surface area contributed by atoms with Crippen LogP contribution in [0.3, 0.4) is 0 Å².